The van der Waals surface area contributed by atoms with Crippen molar-refractivity contribution < 1.29 is 0 Å². The van der Waals surface area contributed by atoms with Gasteiger partial charge in [-0.05, 0) is 44.5 Å². The van der Waals surface area contributed by atoms with Crippen molar-refractivity contribution in [2.75, 3.05) is 25.4 Å². The minimum absolute atomic E-state index is 0.294. The molecule has 3 N–H and O–H groups in total. The lowest BCUT2D eigenvalue weighted by molar-refractivity contribution is 0.316. The summed E-state index contributed by atoms with van der Waals surface area (Å²) in [4.78, 5) is 19.1. The summed E-state index contributed by atoms with van der Waals surface area (Å²) in [6, 6.07) is 4.13. The maximum Gasteiger partial charge on any atom is 0.220 e. The van der Waals surface area contributed by atoms with E-state index in [1.807, 2.05) is 29.3 Å². The summed E-state index contributed by atoms with van der Waals surface area (Å²) in [5.74, 6) is 0.294. The molecule has 0 unspecified atom stereocenters. The van der Waals surface area contributed by atoms with Gasteiger partial charge in [-0.3, -0.25) is 4.68 Å². The van der Waals surface area contributed by atoms with E-state index in [0.29, 0.717) is 5.95 Å². The maximum atomic E-state index is 5.92. The lowest BCUT2D eigenvalue weighted by Crippen LogP contribution is -2.24. The summed E-state index contributed by atoms with van der Waals surface area (Å²) in [7, 11) is 0. The highest BCUT2D eigenvalue weighted by Gasteiger charge is 2.14. The van der Waals surface area contributed by atoms with E-state index in [2.05, 4.69) is 49.1 Å². The first-order valence-corrected chi connectivity index (χ1v) is 10.6. The van der Waals surface area contributed by atoms with Crippen LogP contribution in [0.1, 0.15) is 25.5 Å². The zero-order valence-electron chi connectivity index (χ0n) is 17.2. The fourth-order valence-electron chi connectivity index (χ4n) is 4.10. The number of hydrogen-bond donors (Lipinski definition) is 2. The summed E-state index contributed by atoms with van der Waals surface area (Å²) < 4.78 is 2.02. The lowest BCUT2D eigenvalue weighted by atomic mass is 10.1. The van der Waals surface area contributed by atoms with E-state index in [-0.39, 0.29) is 0 Å². The Morgan fingerprint density at radius 1 is 1.07 bits per heavy atom. The van der Waals surface area contributed by atoms with Crippen molar-refractivity contribution in [3.05, 3.63) is 42.6 Å². The molecule has 5 heterocycles. The largest absolute Gasteiger partial charge is 0.368 e. The quantitative estimate of drug-likeness (QED) is 0.514. The average molecular weight is 403 g/mol. The number of nitrogens with two attached hydrogens (primary N) is 1. The Bertz CT molecular complexity index is 1170. The van der Waals surface area contributed by atoms with E-state index in [9.17, 15) is 0 Å². The van der Waals surface area contributed by atoms with Crippen LogP contribution >= 0.6 is 0 Å². The first kappa shape index (κ1) is 18.7. The second-order valence-electron chi connectivity index (χ2n) is 7.82. The van der Waals surface area contributed by atoms with Gasteiger partial charge in [-0.2, -0.15) is 5.10 Å². The summed E-state index contributed by atoms with van der Waals surface area (Å²) in [5.41, 5.74) is 11.6. The molecule has 30 heavy (non-hydrogen) atoms. The summed E-state index contributed by atoms with van der Waals surface area (Å²) in [6.07, 6.45) is 11.3. The van der Waals surface area contributed by atoms with E-state index >= 15 is 0 Å². The molecule has 8 heteroatoms. The van der Waals surface area contributed by atoms with Crippen molar-refractivity contribution in [2.45, 2.75) is 32.7 Å². The predicted octanol–water partition coefficient (Wildman–Crippen LogP) is 3.12. The highest BCUT2D eigenvalue weighted by atomic mass is 15.3. The van der Waals surface area contributed by atoms with Gasteiger partial charge in [0.25, 0.3) is 0 Å². The first-order chi connectivity index (χ1) is 14.7. The molecule has 0 aliphatic carbocycles. The van der Waals surface area contributed by atoms with Crippen LogP contribution in [0.2, 0.25) is 0 Å². The second-order valence-corrected chi connectivity index (χ2v) is 7.82. The summed E-state index contributed by atoms with van der Waals surface area (Å²) >= 11 is 0. The van der Waals surface area contributed by atoms with Crippen molar-refractivity contribution in [1.29, 1.82) is 0 Å². The Morgan fingerprint density at radius 2 is 1.93 bits per heavy atom. The number of nitrogens with one attached hydrogen (secondary N) is 1. The molecule has 0 saturated carbocycles. The van der Waals surface area contributed by atoms with E-state index in [1.165, 1.54) is 25.9 Å². The highest BCUT2D eigenvalue weighted by molar-refractivity contribution is 5.95. The second kappa shape index (κ2) is 7.87. The maximum absolute atomic E-state index is 5.92. The van der Waals surface area contributed by atoms with E-state index in [4.69, 9.17) is 5.73 Å². The van der Waals surface area contributed by atoms with Crippen LogP contribution in [0.15, 0.2) is 36.9 Å². The zero-order valence-corrected chi connectivity index (χ0v) is 17.2. The first-order valence-electron chi connectivity index (χ1n) is 10.6. The molecule has 4 aromatic rings. The van der Waals surface area contributed by atoms with Crippen molar-refractivity contribution in [3.63, 3.8) is 0 Å². The fraction of sp³-hybridized carbons (Fsp3) is 0.364. The molecule has 154 valence electrons. The van der Waals surface area contributed by atoms with Crippen LogP contribution in [0.25, 0.3) is 33.4 Å². The van der Waals surface area contributed by atoms with Crippen molar-refractivity contribution in [2.24, 2.45) is 0 Å². The number of aromatic nitrogens is 6. The lowest BCUT2D eigenvalue weighted by Gasteiger charge is -2.13. The van der Waals surface area contributed by atoms with Crippen molar-refractivity contribution >= 4 is 17.0 Å². The SMILES string of the molecule is CCc1cc(-c2c[nH]c3ncc(-c4cnn(CCN5CCCC5)c4)cc23)nc(N)n1. The number of nitrogens with zero attached hydrogens (tertiary/aromatic N) is 6. The number of nitrogen functional groups attached to an aromatic ring is 1. The molecule has 0 bridgehead atoms. The number of aryl methyl sites for hydroxylation is 1. The Morgan fingerprint density at radius 3 is 2.77 bits per heavy atom. The van der Waals surface area contributed by atoms with Gasteiger partial charge in [0, 0.05) is 52.9 Å². The van der Waals surface area contributed by atoms with Gasteiger partial charge in [-0.15, -0.1) is 0 Å². The Hall–Kier alpha value is -3.26. The zero-order chi connectivity index (χ0) is 20.5. The molecular weight excluding hydrogens is 376 g/mol. The number of pyridine rings is 1. The van der Waals surface area contributed by atoms with Gasteiger partial charge in [0.2, 0.25) is 5.95 Å². The van der Waals surface area contributed by atoms with Crippen molar-refractivity contribution in [3.8, 4) is 22.4 Å². The number of likely N-dealkylation sites (tertiary alicyclic amines) is 1. The van der Waals surface area contributed by atoms with Gasteiger partial charge >= 0.3 is 0 Å². The Labute approximate surface area is 175 Å². The van der Waals surface area contributed by atoms with Crippen LogP contribution in [-0.2, 0) is 13.0 Å². The molecular formula is C22H26N8. The molecule has 4 aromatic heterocycles. The van der Waals surface area contributed by atoms with Crippen LogP contribution in [0.3, 0.4) is 0 Å². The smallest absolute Gasteiger partial charge is 0.220 e. The molecule has 0 aromatic carbocycles. The van der Waals surface area contributed by atoms with Gasteiger partial charge in [0.05, 0.1) is 18.4 Å². The third-order valence-corrected chi connectivity index (χ3v) is 5.78. The van der Waals surface area contributed by atoms with E-state index in [1.54, 1.807) is 0 Å². The van der Waals surface area contributed by atoms with Crippen molar-refractivity contribution in [1.82, 2.24) is 34.6 Å². The molecule has 1 aliphatic heterocycles. The highest BCUT2D eigenvalue weighted by Crippen LogP contribution is 2.30. The molecule has 1 fully saturated rings. The number of fused-ring (bicyclic) bond motifs is 1. The molecule has 0 amide bonds. The summed E-state index contributed by atoms with van der Waals surface area (Å²) in [5, 5.41) is 5.56. The van der Waals surface area contributed by atoms with Crippen LogP contribution in [0.4, 0.5) is 5.95 Å². The van der Waals surface area contributed by atoms with Crippen LogP contribution < -0.4 is 5.73 Å². The van der Waals surface area contributed by atoms with Gasteiger partial charge in [-0.1, -0.05) is 6.92 Å². The third-order valence-electron chi connectivity index (χ3n) is 5.78. The number of hydrogen-bond acceptors (Lipinski definition) is 6. The van der Waals surface area contributed by atoms with E-state index in [0.717, 1.165) is 58.6 Å². The van der Waals surface area contributed by atoms with Crippen LogP contribution in [-0.4, -0.2) is 54.3 Å². The minimum Gasteiger partial charge on any atom is -0.368 e. The molecule has 1 saturated heterocycles. The molecule has 0 radical (unpaired) electrons. The summed E-state index contributed by atoms with van der Waals surface area (Å²) in [6.45, 7) is 6.43. The van der Waals surface area contributed by atoms with Gasteiger partial charge in [-0.25, -0.2) is 15.0 Å². The van der Waals surface area contributed by atoms with Gasteiger partial charge < -0.3 is 15.6 Å². The molecule has 5 rings (SSSR count). The van der Waals surface area contributed by atoms with E-state index < -0.39 is 0 Å². The molecule has 8 nitrogen and oxygen atoms in total. The molecule has 0 atom stereocenters. The third kappa shape index (κ3) is 3.66. The number of H-pyrrole nitrogens is 1. The standard InChI is InChI=1S/C22H26N8/c1-2-17-10-20(28-22(23)27-17)19-13-25-21-18(19)9-15(11-24-21)16-12-26-30(14-16)8-7-29-5-3-4-6-29/h9-14H,2-8H2,1H3,(H,24,25)(H2,23,27,28). The molecule has 1 aliphatic rings. The Kier molecular flexibility index (Phi) is 4.92. The topological polar surface area (TPSA) is 102 Å². The fourth-order valence-corrected chi connectivity index (χ4v) is 4.10. The van der Waals surface area contributed by atoms with Gasteiger partial charge in [0.15, 0.2) is 0 Å². The average Bonchev–Trinajstić information content (AvgIpc) is 3.51. The number of rotatable bonds is 6. The molecule has 0 spiro atoms. The van der Waals surface area contributed by atoms with Crippen LogP contribution in [0.5, 0.6) is 0 Å². The predicted molar refractivity (Wildman–Crippen MR) is 118 cm³/mol. The Balaban J connectivity index is 1.44. The number of anilines is 1. The van der Waals surface area contributed by atoms with Crippen LogP contribution in [0, 0.1) is 0 Å². The van der Waals surface area contributed by atoms with Gasteiger partial charge in [0.1, 0.15) is 5.65 Å². The monoisotopic (exact) mass is 402 g/mol. The normalized spacial score (nSPS) is 14.7. The number of aromatic amines is 1. The minimum atomic E-state index is 0.294.